The molecular weight excluding hydrogens is 236 g/mol. The lowest BCUT2D eigenvalue weighted by Gasteiger charge is -2.26. The number of aromatic nitrogens is 2. The van der Waals surface area contributed by atoms with Crippen LogP contribution >= 0.6 is 0 Å². The Balaban J connectivity index is 1.71. The number of hydrogen-bond donors (Lipinski definition) is 2. The van der Waals surface area contributed by atoms with E-state index >= 15 is 0 Å². The molecule has 1 aromatic heterocycles. The molecule has 0 aliphatic carbocycles. The first-order valence-corrected chi connectivity index (χ1v) is 7.29. The van der Waals surface area contributed by atoms with E-state index in [9.17, 15) is 0 Å². The molecular formula is C15H20N4. The van der Waals surface area contributed by atoms with E-state index in [1.54, 1.807) is 0 Å². The fourth-order valence-corrected chi connectivity index (χ4v) is 3.86. The van der Waals surface area contributed by atoms with Gasteiger partial charge in [-0.1, -0.05) is 19.1 Å². The van der Waals surface area contributed by atoms with Crippen molar-refractivity contribution in [1.29, 1.82) is 0 Å². The van der Waals surface area contributed by atoms with Crippen molar-refractivity contribution in [2.24, 2.45) is 11.8 Å². The van der Waals surface area contributed by atoms with E-state index in [2.05, 4.69) is 40.3 Å². The second-order valence-electron chi connectivity index (χ2n) is 5.79. The molecule has 2 aliphatic heterocycles. The molecule has 19 heavy (non-hydrogen) atoms. The van der Waals surface area contributed by atoms with Crippen LogP contribution in [0.2, 0.25) is 0 Å². The van der Waals surface area contributed by atoms with E-state index in [4.69, 9.17) is 4.98 Å². The summed E-state index contributed by atoms with van der Waals surface area (Å²) in [5, 5.41) is 3.53. The first-order valence-electron chi connectivity index (χ1n) is 7.29. The molecule has 1 aromatic carbocycles. The van der Waals surface area contributed by atoms with E-state index in [-0.39, 0.29) is 0 Å². The fraction of sp³-hybridized carbons (Fsp3) is 0.533. The number of benzene rings is 1. The number of imidazole rings is 1. The van der Waals surface area contributed by atoms with Gasteiger partial charge in [0.25, 0.3) is 0 Å². The van der Waals surface area contributed by atoms with Crippen LogP contribution in [-0.4, -0.2) is 35.6 Å². The summed E-state index contributed by atoms with van der Waals surface area (Å²) in [4.78, 5) is 10.8. The zero-order chi connectivity index (χ0) is 12.8. The molecule has 4 nitrogen and oxygen atoms in total. The predicted molar refractivity (Wildman–Crippen MR) is 77.4 cm³/mol. The first kappa shape index (κ1) is 11.3. The number of fused-ring (bicyclic) bond motifs is 2. The van der Waals surface area contributed by atoms with E-state index in [1.807, 2.05) is 6.07 Å². The number of anilines is 1. The normalized spacial score (nSPS) is 30.2. The van der Waals surface area contributed by atoms with Crippen molar-refractivity contribution in [3.8, 4) is 0 Å². The minimum atomic E-state index is 0.626. The van der Waals surface area contributed by atoms with Gasteiger partial charge in [-0.05, 0) is 30.4 Å². The number of hydrogen-bond acceptors (Lipinski definition) is 3. The summed E-state index contributed by atoms with van der Waals surface area (Å²) in [6.45, 7) is 5.76. The Morgan fingerprint density at radius 1 is 1.32 bits per heavy atom. The summed E-state index contributed by atoms with van der Waals surface area (Å²) in [6.07, 6.45) is 1.19. The molecule has 0 amide bonds. The van der Waals surface area contributed by atoms with Crippen molar-refractivity contribution >= 4 is 17.0 Å². The maximum atomic E-state index is 4.77. The number of aromatic amines is 1. The topological polar surface area (TPSA) is 44.0 Å². The van der Waals surface area contributed by atoms with Crippen LogP contribution in [0, 0.1) is 11.8 Å². The van der Waals surface area contributed by atoms with Crippen LogP contribution in [0.4, 0.5) is 5.95 Å². The second kappa shape index (κ2) is 4.23. The van der Waals surface area contributed by atoms with Crippen molar-refractivity contribution in [3.05, 3.63) is 24.3 Å². The largest absolute Gasteiger partial charge is 0.339 e. The summed E-state index contributed by atoms with van der Waals surface area (Å²) in [6, 6.07) is 8.91. The van der Waals surface area contributed by atoms with Gasteiger partial charge in [-0.15, -0.1) is 0 Å². The van der Waals surface area contributed by atoms with Crippen molar-refractivity contribution in [3.63, 3.8) is 0 Å². The average molecular weight is 256 g/mol. The number of nitrogens with zero attached hydrogens (tertiary/aromatic N) is 2. The van der Waals surface area contributed by atoms with Crippen molar-refractivity contribution in [2.75, 3.05) is 24.5 Å². The van der Waals surface area contributed by atoms with Gasteiger partial charge in [0.2, 0.25) is 5.95 Å². The Hall–Kier alpha value is -1.55. The molecule has 3 atom stereocenters. The first-order chi connectivity index (χ1) is 9.36. The van der Waals surface area contributed by atoms with E-state index < -0.39 is 0 Å². The summed E-state index contributed by atoms with van der Waals surface area (Å²) >= 11 is 0. The predicted octanol–water partition coefficient (Wildman–Crippen LogP) is 2.00. The molecule has 2 saturated heterocycles. The molecule has 0 radical (unpaired) electrons. The van der Waals surface area contributed by atoms with Crippen molar-refractivity contribution in [2.45, 2.75) is 19.4 Å². The van der Waals surface area contributed by atoms with Crippen LogP contribution in [0.5, 0.6) is 0 Å². The van der Waals surface area contributed by atoms with Gasteiger partial charge in [0.1, 0.15) is 0 Å². The smallest absolute Gasteiger partial charge is 0.204 e. The quantitative estimate of drug-likeness (QED) is 0.863. The Morgan fingerprint density at radius 2 is 2.21 bits per heavy atom. The summed E-state index contributed by atoms with van der Waals surface area (Å²) in [5.41, 5.74) is 2.21. The lowest BCUT2D eigenvalue weighted by molar-refractivity contribution is 0.441. The number of H-pyrrole nitrogens is 1. The maximum absolute atomic E-state index is 4.77. The zero-order valence-corrected chi connectivity index (χ0v) is 11.3. The zero-order valence-electron chi connectivity index (χ0n) is 11.3. The minimum Gasteiger partial charge on any atom is -0.339 e. The molecule has 4 rings (SSSR count). The third-order valence-corrected chi connectivity index (χ3v) is 4.79. The van der Waals surface area contributed by atoms with Gasteiger partial charge >= 0.3 is 0 Å². The highest BCUT2D eigenvalue weighted by Crippen LogP contribution is 2.36. The molecule has 0 bridgehead atoms. The molecule has 2 N–H and O–H groups in total. The van der Waals surface area contributed by atoms with Crippen LogP contribution in [-0.2, 0) is 0 Å². The minimum absolute atomic E-state index is 0.626. The Bertz CT molecular complexity index is 558. The van der Waals surface area contributed by atoms with Gasteiger partial charge in [0.05, 0.1) is 11.0 Å². The van der Waals surface area contributed by atoms with Gasteiger partial charge < -0.3 is 15.2 Å². The molecule has 100 valence electrons. The summed E-state index contributed by atoms with van der Waals surface area (Å²) in [7, 11) is 0. The molecule has 2 aromatic rings. The third-order valence-electron chi connectivity index (χ3n) is 4.79. The number of para-hydroxylation sites is 2. The van der Waals surface area contributed by atoms with Gasteiger partial charge in [-0.2, -0.15) is 0 Å². The average Bonchev–Trinajstić information content (AvgIpc) is 3.10. The van der Waals surface area contributed by atoms with Gasteiger partial charge in [0, 0.05) is 25.7 Å². The van der Waals surface area contributed by atoms with Gasteiger partial charge in [0.15, 0.2) is 0 Å². The van der Waals surface area contributed by atoms with Crippen molar-refractivity contribution in [1.82, 2.24) is 15.3 Å². The molecule has 0 spiro atoms. The highest BCUT2D eigenvalue weighted by Gasteiger charge is 2.44. The monoisotopic (exact) mass is 256 g/mol. The highest BCUT2D eigenvalue weighted by atomic mass is 15.3. The fourth-order valence-electron chi connectivity index (χ4n) is 3.86. The van der Waals surface area contributed by atoms with Crippen LogP contribution in [0.1, 0.15) is 13.3 Å². The molecule has 4 heteroatoms. The van der Waals surface area contributed by atoms with Crippen LogP contribution in [0.25, 0.3) is 11.0 Å². The Morgan fingerprint density at radius 3 is 3.05 bits per heavy atom. The Labute approximate surface area is 113 Å². The van der Waals surface area contributed by atoms with E-state index in [1.165, 1.54) is 13.0 Å². The summed E-state index contributed by atoms with van der Waals surface area (Å²) in [5.74, 6) is 2.64. The summed E-state index contributed by atoms with van der Waals surface area (Å²) < 4.78 is 0. The van der Waals surface area contributed by atoms with Gasteiger partial charge in [-0.25, -0.2) is 4.98 Å². The standard InChI is InChI=1S/C15H20N4/c1-2-14-11-8-16-7-10(11)9-19(14)15-17-12-5-3-4-6-13(12)18-15/h3-6,10-11,14,16H,2,7-9H2,1H3,(H,17,18). The third kappa shape index (κ3) is 1.66. The molecule has 2 fully saturated rings. The van der Waals surface area contributed by atoms with Crippen LogP contribution < -0.4 is 10.2 Å². The molecule has 3 unspecified atom stereocenters. The van der Waals surface area contributed by atoms with Gasteiger partial charge in [-0.3, -0.25) is 0 Å². The second-order valence-corrected chi connectivity index (χ2v) is 5.79. The Kier molecular flexibility index (Phi) is 2.52. The number of nitrogens with one attached hydrogen (secondary N) is 2. The van der Waals surface area contributed by atoms with Crippen LogP contribution in [0.15, 0.2) is 24.3 Å². The SMILES string of the molecule is CCC1C2CNCC2CN1c1nc2ccccc2[nH]1. The molecule has 3 heterocycles. The van der Waals surface area contributed by atoms with E-state index in [0.717, 1.165) is 41.9 Å². The highest BCUT2D eigenvalue weighted by molar-refractivity contribution is 5.77. The maximum Gasteiger partial charge on any atom is 0.204 e. The lowest BCUT2D eigenvalue weighted by atomic mass is 9.93. The number of rotatable bonds is 2. The van der Waals surface area contributed by atoms with Crippen molar-refractivity contribution < 1.29 is 0 Å². The van der Waals surface area contributed by atoms with Crippen LogP contribution in [0.3, 0.4) is 0 Å². The molecule has 2 aliphatic rings. The lowest BCUT2D eigenvalue weighted by Crippen LogP contribution is -2.35. The molecule has 0 saturated carbocycles. The van der Waals surface area contributed by atoms with E-state index in [0.29, 0.717) is 6.04 Å².